The first kappa shape index (κ1) is 16.2. The number of hydrogen-bond donors (Lipinski definition) is 1. The van der Waals surface area contributed by atoms with Crippen molar-refractivity contribution in [2.45, 2.75) is 25.7 Å². The highest BCUT2D eigenvalue weighted by atomic mass is 16.5. The fraction of sp³-hybridized carbons (Fsp3) is 0.727. The molecule has 0 fully saturated rings. The molecular formula is C11H20N2O5. The number of hydrogen-bond acceptors (Lipinski definition) is 5. The zero-order valence-electron chi connectivity index (χ0n) is 10.8. The van der Waals surface area contributed by atoms with E-state index in [2.05, 4.69) is 9.47 Å². The number of urea groups is 1. The van der Waals surface area contributed by atoms with Gasteiger partial charge in [0.2, 0.25) is 0 Å². The SMILES string of the molecule is COC(=O)CCCN(CCCC(=O)OC)C(N)=O. The molecular weight excluding hydrogens is 240 g/mol. The molecule has 0 spiro atoms. The Balaban J connectivity index is 3.89. The topological polar surface area (TPSA) is 98.9 Å². The lowest BCUT2D eigenvalue weighted by molar-refractivity contribution is -0.141. The molecule has 2 N–H and O–H groups in total. The first-order chi connectivity index (χ1) is 8.51. The molecule has 0 aliphatic carbocycles. The van der Waals surface area contributed by atoms with Crippen molar-refractivity contribution in [1.82, 2.24) is 4.90 Å². The molecule has 0 rings (SSSR count). The second-order valence-corrected chi connectivity index (χ2v) is 3.68. The average Bonchev–Trinajstić information content (AvgIpc) is 2.35. The highest BCUT2D eigenvalue weighted by Crippen LogP contribution is 2.01. The lowest BCUT2D eigenvalue weighted by atomic mass is 10.2. The summed E-state index contributed by atoms with van der Waals surface area (Å²) in [4.78, 5) is 34.3. The number of ether oxygens (including phenoxy) is 2. The number of esters is 2. The molecule has 7 heteroatoms. The number of amides is 2. The van der Waals surface area contributed by atoms with Crippen molar-refractivity contribution in [2.24, 2.45) is 5.73 Å². The minimum atomic E-state index is -0.565. The summed E-state index contributed by atoms with van der Waals surface area (Å²) in [5.74, 6) is -0.650. The van der Waals surface area contributed by atoms with Gasteiger partial charge in [-0.05, 0) is 12.8 Å². The van der Waals surface area contributed by atoms with Crippen LogP contribution < -0.4 is 5.73 Å². The van der Waals surface area contributed by atoms with E-state index in [1.807, 2.05) is 0 Å². The summed E-state index contributed by atoms with van der Waals surface area (Å²) in [6, 6.07) is -0.565. The van der Waals surface area contributed by atoms with Crippen LogP contribution in [0.25, 0.3) is 0 Å². The van der Waals surface area contributed by atoms with Crippen molar-refractivity contribution in [2.75, 3.05) is 27.3 Å². The smallest absolute Gasteiger partial charge is 0.314 e. The molecule has 0 aliphatic rings. The van der Waals surface area contributed by atoms with Crippen LogP contribution in [0.1, 0.15) is 25.7 Å². The van der Waals surface area contributed by atoms with Gasteiger partial charge in [-0.3, -0.25) is 9.59 Å². The molecule has 0 aromatic rings. The molecule has 0 aromatic heterocycles. The third-order valence-corrected chi connectivity index (χ3v) is 2.38. The molecule has 0 bridgehead atoms. The minimum absolute atomic E-state index is 0.233. The summed E-state index contributed by atoms with van der Waals surface area (Å²) in [5, 5.41) is 0. The van der Waals surface area contributed by atoms with Gasteiger partial charge in [0.25, 0.3) is 0 Å². The minimum Gasteiger partial charge on any atom is -0.469 e. The van der Waals surface area contributed by atoms with E-state index in [1.165, 1.54) is 19.1 Å². The summed E-state index contributed by atoms with van der Waals surface area (Å²) in [6.45, 7) is 0.733. The number of carbonyl (C=O) groups is 3. The van der Waals surface area contributed by atoms with Gasteiger partial charge in [-0.1, -0.05) is 0 Å². The van der Waals surface area contributed by atoms with Gasteiger partial charge in [-0.2, -0.15) is 0 Å². The van der Waals surface area contributed by atoms with Crippen LogP contribution in [0, 0.1) is 0 Å². The zero-order valence-corrected chi connectivity index (χ0v) is 10.8. The van der Waals surface area contributed by atoms with Crippen LogP contribution in [-0.4, -0.2) is 50.2 Å². The van der Waals surface area contributed by atoms with E-state index in [9.17, 15) is 14.4 Å². The van der Waals surface area contributed by atoms with Gasteiger partial charge in [0.05, 0.1) is 14.2 Å². The van der Waals surface area contributed by atoms with Crippen molar-refractivity contribution in [3.05, 3.63) is 0 Å². The summed E-state index contributed by atoms with van der Waals surface area (Å²) >= 11 is 0. The van der Waals surface area contributed by atoms with E-state index >= 15 is 0 Å². The van der Waals surface area contributed by atoms with Crippen LogP contribution in [-0.2, 0) is 19.1 Å². The van der Waals surface area contributed by atoms with Gasteiger partial charge in [0, 0.05) is 25.9 Å². The Morgan fingerprint density at radius 3 is 1.61 bits per heavy atom. The second-order valence-electron chi connectivity index (χ2n) is 3.68. The fourth-order valence-corrected chi connectivity index (χ4v) is 1.36. The van der Waals surface area contributed by atoms with Gasteiger partial charge >= 0.3 is 18.0 Å². The van der Waals surface area contributed by atoms with Crippen molar-refractivity contribution >= 4 is 18.0 Å². The first-order valence-corrected chi connectivity index (χ1v) is 5.69. The van der Waals surface area contributed by atoms with Gasteiger partial charge < -0.3 is 20.1 Å². The fourth-order valence-electron chi connectivity index (χ4n) is 1.36. The van der Waals surface area contributed by atoms with E-state index in [-0.39, 0.29) is 24.8 Å². The summed E-state index contributed by atoms with van der Waals surface area (Å²) in [6.07, 6.45) is 1.43. The molecule has 0 saturated heterocycles. The predicted octanol–water partition coefficient (Wildman–Crippen LogP) is 0.274. The van der Waals surface area contributed by atoms with Crippen molar-refractivity contribution in [1.29, 1.82) is 0 Å². The van der Waals surface area contributed by atoms with Crippen LogP contribution in [0.2, 0.25) is 0 Å². The monoisotopic (exact) mass is 260 g/mol. The summed E-state index contributed by atoms with van der Waals surface area (Å²) in [5.41, 5.74) is 5.19. The zero-order chi connectivity index (χ0) is 14.0. The standard InChI is InChI=1S/C11H20N2O5/c1-17-9(14)5-3-7-13(11(12)16)8-4-6-10(15)18-2/h3-8H2,1-2H3,(H2,12,16). The Morgan fingerprint density at radius 2 is 1.33 bits per heavy atom. The largest absolute Gasteiger partial charge is 0.469 e. The van der Waals surface area contributed by atoms with Crippen LogP contribution in [0.3, 0.4) is 0 Å². The van der Waals surface area contributed by atoms with Gasteiger partial charge in [-0.15, -0.1) is 0 Å². The Labute approximate surface area is 106 Å². The maximum absolute atomic E-state index is 11.1. The molecule has 0 aromatic carbocycles. The normalized spacial score (nSPS) is 9.67. The Hall–Kier alpha value is -1.79. The Morgan fingerprint density at radius 1 is 0.944 bits per heavy atom. The number of primary amides is 1. The Bertz CT molecular complexity index is 271. The maximum Gasteiger partial charge on any atom is 0.314 e. The first-order valence-electron chi connectivity index (χ1n) is 5.69. The molecule has 104 valence electrons. The summed E-state index contributed by atoms with van der Waals surface area (Å²) in [7, 11) is 2.62. The van der Waals surface area contributed by atoms with Gasteiger partial charge in [-0.25, -0.2) is 4.79 Å². The van der Waals surface area contributed by atoms with Crippen LogP contribution in [0.5, 0.6) is 0 Å². The molecule has 0 radical (unpaired) electrons. The maximum atomic E-state index is 11.1. The van der Waals surface area contributed by atoms with Gasteiger partial charge in [0.15, 0.2) is 0 Å². The van der Waals surface area contributed by atoms with E-state index in [0.29, 0.717) is 25.9 Å². The average molecular weight is 260 g/mol. The number of rotatable bonds is 8. The molecule has 2 amide bonds. The number of nitrogens with zero attached hydrogens (tertiary/aromatic N) is 1. The highest BCUT2D eigenvalue weighted by molar-refractivity contribution is 5.72. The number of nitrogens with two attached hydrogens (primary N) is 1. The molecule has 18 heavy (non-hydrogen) atoms. The molecule has 0 aliphatic heterocycles. The summed E-state index contributed by atoms with van der Waals surface area (Å²) < 4.78 is 8.97. The van der Waals surface area contributed by atoms with Crippen LogP contribution in [0.15, 0.2) is 0 Å². The highest BCUT2D eigenvalue weighted by Gasteiger charge is 2.11. The lowest BCUT2D eigenvalue weighted by Gasteiger charge is -2.19. The molecule has 7 nitrogen and oxygen atoms in total. The Kier molecular flexibility index (Phi) is 8.34. The van der Waals surface area contributed by atoms with Gasteiger partial charge in [0.1, 0.15) is 0 Å². The molecule has 0 saturated carbocycles. The van der Waals surface area contributed by atoms with E-state index < -0.39 is 6.03 Å². The molecule has 0 atom stereocenters. The number of carbonyl (C=O) groups excluding carboxylic acids is 3. The van der Waals surface area contributed by atoms with Crippen LogP contribution in [0.4, 0.5) is 4.79 Å². The van der Waals surface area contributed by atoms with Crippen LogP contribution >= 0.6 is 0 Å². The van der Waals surface area contributed by atoms with Crippen molar-refractivity contribution in [3.8, 4) is 0 Å². The van der Waals surface area contributed by atoms with E-state index in [1.54, 1.807) is 0 Å². The molecule has 0 heterocycles. The predicted molar refractivity (Wildman–Crippen MR) is 63.7 cm³/mol. The van der Waals surface area contributed by atoms with E-state index in [4.69, 9.17) is 5.73 Å². The van der Waals surface area contributed by atoms with Crippen molar-refractivity contribution < 1.29 is 23.9 Å². The van der Waals surface area contributed by atoms with Crippen molar-refractivity contribution in [3.63, 3.8) is 0 Å². The number of methoxy groups -OCH3 is 2. The third-order valence-electron chi connectivity index (χ3n) is 2.38. The van der Waals surface area contributed by atoms with E-state index in [0.717, 1.165) is 0 Å². The quantitative estimate of drug-likeness (QED) is 0.632. The lowest BCUT2D eigenvalue weighted by Crippen LogP contribution is -2.37. The third kappa shape index (κ3) is 7.48. The molecule has 0 unspecified atom stereocenters. The second kappa shape index (κ2) is 9.26.